The van der Waals surface area contributed by atoms with E-state index >= 15 is 0 Å². The van der Waals surface area contributed by atoms with Crippen LogP contribution in [0.5, 0.6) is 0 Å². The van der Waals surface area contributed by atoms with Crippen molar-refractivity contribution in [3.8, 4) is 11.4 Å². The summed E-state index contributed by atoms with van der Waals surface area (Å²) in [6.07, 6.45) is 1.09. The lowest BCUT2D eigenvalue weighted by molar-refractivity contribution is -0.115. The molecule has 0 aliphatic carbocycles. The van der Waals surface area contributed by atoms with Gasteiger partial charge in [0.15, 0.2) is 5.82 Å². The Morgan fingerprint density at radius 1 is 1.00 bits per heavy atom. The predicted molar refractivity (Wildman–Crippen MR) is 133 cm³/mol. The molecule has 0 radical (unpaired) electrons. The van der Waals surface area contributed by atoms with Gasteiger partial charge in [0.2, 0.25) is 5.91 Å². The van der Waals surface area contributed by atoms with Crippen molar-refractivity contribution in [3.05, 3.63) is 76.6 Å². The summed E-state index contributed by atoms with van der Waals surface area (Å²) in [5, 5.41) is 7.75. The van der Waals surface area contributed by atoms with E-state index in [1.165, 1.54) is 5.56 Å². The largest absolute Gasteiger partial charge is 0.326 e. The van der Waals surface area contributed by atoms with E-state index in [1.54, 1.807) is 4.52 Å². The number of aryl methyl sites for hydroxylation is 3. The summed E-state index contributed by atoms with van der Waals surface area (Å²) in [7, 11) is 0. The molecule has 2 aromatic heterocycles. The molecule has 2 heterocycles. The molecular formula is C27H31N5O. The van der Waals surface area contributed by atoms with E-state index in [0.717, 1.165) is 40.2 Å². The topological polar surface area (TPSA) is 72.2 Å². The normalized spacial score (nSPS) is 11.7. The van der Waals surface area contributed by atoms with E-state index in [4.69, 9.17) is 5.10 Å². The third kappa shape index (κ3) is 4.65. The van der Waals surface area contributed by atoms with Gasteiger partial charge in [-0.15, -0.1) is 5.10 Å². The summed E-state index contributed by atoms with van der Waals surface area (Å²) >= 11 is 0. The number of nitrogens with one attached hydrogen (secondary N) is 1. The molecule has 1 amide bonds. The maximum Gasteiger partial charge on any atom is 0.253 e. The maximum atomic E-state index is 12.8. The Morgan fingerprint density at radius 2 is 1.70 bits per heavy atom. The van der Waals surface area contributed by atoms with Gasteiger partial charge in [0.25, 0.3) is 5.78 Å². The van der Waals surface area contributed by atoms with Gasteiger partial charge in [-0.05, 0) is 42.9 Å². The molecule has 0 aliphatic heterocycles. The highest BCUT2D eigenvalue weighted by Gasteiger charge is 2.18. The number of aromatic nitrogens is 4. The second-order valence-corrected chi connectivity index (χ2v) is 9.47. The van der Waals surface area contributed by atoms with Gasteiger partial charge in [-0.1, -0.05) is 70.2 Å². The van der Waals surface area contributed by atoms with Gasteiger partial charge >= 0.3 is 0 Å². The van der Waals surface area contributed by atoms with Crippen molar-refractivity contribution in [1.82, 2.24) is 19.6 Å². The van der Waals surface area contributed by atoms with Gasteiger partial charge in [0.05, 0.1) is 6.42 Å². The molecule has 4 rings (SSSR count). The Labute approximate surface area is 195 Å². The van der Waals surface area contributed by atoms with E-state index < -0.39 is 0 Å². The number of carbonyl (C=O) groups is 1. The van der Waals surface area contributed by atoms with Crippen LogP contribution in [0.4, 0.5) is 5.69 Å². The van der Waals surface area contributed by atoms with Crippen molar-refractivity contribution in [3.63, 3.8) is 0 Å². The molecule has 0 bridgehead atoms. The van der Waals surface area contributed by atoms with Crippen LogP contribution in [-0.2, 0) is 23.1 Å². The number of anilines is 1. The number of benzene rings is 2. The minimum absolute atomic E-state index is 0.0682. The highest BCUT2D eigenvalue weighted by atomic mass is 16.1. The van der Waals surface area contributed by atoms with Crippen LogP contribution in [0.1, 0.15) is 55.8 Å². The Bertz CT molecular complexity index is 1310. The number of hydrogen-bond acceptors (Lipinski definition) is 4. The van der Waals surface area contributed by atoms with E-state index in [0.29, 0.717) is 11.6 Å². The van der Waals surface area contributed by atoms with Crippen molar-refractivity contribution < 1.29 is 4.79 Å². The Kier molecular flexibility index (Phi) is 6.02. The van der Waals surface area contributed by atoms with Crippen molar-refractivity contribution >= 4 is 17.4 Å². The van der Waals surface area contributed by atoms with Crippen LogP contribution in [0.3, 0.4) is 0 Å². The SMILES string of the molecule is CCc1ccccc1NC(=O)Cc1c(C)nc2nc(-c3ccc(C(C)(C)C)cc3)nn2c1C. The molecule has 6 heteroatoms. The zero-order chi connectivity index (χ0) is 23.8. The molecule has 0 saturated heterocycles. The standard InChI is InChI=1S/C27H31N5O/c1-7-19-10-8-9-11-23(19)29-24(33)16-22-17(2)28-26-30-25(31-32(26)18(22)3)20-12-14-21(15-13-20)27(4,5)6/h8-15H,7,16H2,1-6H3,(H,29,33). The Hall–Kier alpha value is -3.54. The number of fused-ring (bicyclic) bond motifs is 1. The zero-order valence-corrected chi connectivity index (χ0v) is 20.2. The predicted octanol–water partition coefficient (Wildman–Crippen LogP) is 5.45. The van der Waals surface area contributed by atoms with E-state index in [9.17, 15) is 4.79 Å². The molecule has 1 N–H and O–H groups in total. The fourth-order valence-corrected chi connectivity index (χ4v) is 4.01. The molecule has 0 fully saturated rings. The highest BCUT2D eigenvalue weighted by Crippen LogP contribution is 2.26. The smallest absolute Gasteiger partial charge is 0.253 e. The van der Waals surface area contributed by atoms with E-state index in [-0.39, 0.29) is 17.7 Å². The summed E-state index contributed by atoms with van der Waals surface area (Å²) in [5.74, 6) is 1.10. The fraction of sp³-hybridized carbons (Fsp3) is 0.333. The molecule has 0 spiro atoms. The van der Waals surface area contributed by atoms with Crippen LogP contribution in [0.15, 0.2) is 48.5 Å². The third-order valence-electron chi connectivity index (χ3n) is 6.07. The Balaban J connectivity index is 1.62. The zero-order valence-electron chi connectivity index (χ0n) is 20.2. The average Bonchev–Trinajstić information content (AvgIpc) is 3.20. The molecule has 0 aliphatic rings. The number of hydrogen-bond donors (Lipinski definition) is 1. The fourth-order valence-electron chi connectivity index (χ4n) is 4.01. The summed E-state index contributed by atoms with van der Waals surface area (Å²) in [5.41, 5.74) is 6.81. The minimum Gasteiger partial charge on any atom is -0.326 e. The maximum absolute atomic E-state index is 12.8. The molecule has 6 nitrogen and oxygen atoms in total. The highest BCUT2D eigenvalue weighted by molar-refractivity contribution is 5.93. The average molecular weight is 442 g/mol. The van der Waals surface area contributed by atoms with Crippen molar-refractivity contribution in [2.75, 3.05) is 5.32 Å². The molecule has 0 unspecified atom stereocenters. The second kappa shape index (κ2) is 8.77. The minimum atomic E-state index is -0.0682. The van der Waals surface area contributed by atoms with E-state index in [1.807, 2.05) is 38.1 Å². The number of amides is 1. The van der Waals surface area contributed by atoms with Crippen LogP contribution in [-0.4, -0.2) is 25.5 Å². The summed E-state index contributed by atoms with van der Waals surface area (Å²) in [6.45, 7) is 12.5. The quantitative estimate of drug-likeness (QED) is 0.447. The van der Waals surface area contributed by atoms with Gasteiger partial charge < -0.3 is 5.32 Å². The first kappa shape index (κ1) is 22.6. The number of rotatable bonds is 5. The molecule has 170 valence electrons. The number of nitrogens with zero attached hydrogens (tertiary/aromatic N) is 4. The summed E-state index contributed by atoms with van der Waals surface area (Å²) < 4.78 is 1.74. The van der Waals surface area contributed by atoms with Gasteiger partial charge in [0.1, 0.15) is 0 Å². The van der Waals surface area contributed by atoms with Crippen molar-refractivity contribution in [2.24, 2.45) is 0 Å². The summed E-state index contributed by atoms with van der Waals surface area (Å²) in [6, 6.07) is 16.2. The second-order valence-electron chi connectivity index (χ2n) is 9.47. The Morgan fingerprint density at radius 3 is 2.36 bits per heavy atom. The lowest BCUT2D eigenvalue weighted by Crippen LogP contribution is -2.18. The first-order valence-electron chi connectivity index (χ1n) is 11.4. The summed E-state index contributed by atoms with van der Waals surface area (Å²) in [4.78, 5) is 22.1. The lowest BCUT2D eigenvalue weighted by atomic mass is 9.87. The molecule has 4 aromatic rings. The number of para-hydroxylation sites is 1. The van der Waals surface area contributed by atoms with E-state index in [2.05, 4.69) is 67.2 Å². The molecule has 33 heavy (non-hydrogen) atoms. The van der Waals surface area contributed by atoms with Crippen LogP contribution < -0.4 is 5.32 Å². The first-order valence-corrected chi connectivity index (χ1v) is 11.4. The van der Waals surface area contributed by atoms with Crippen LogP contribution in [0.2, 0.25) is 0 Å². The third-order valence-corrected chi connectivity index (χ3v) is 6.07. The van der Waals surface area contributed by atoms with Gasteiger partial charge in [-0.25, -0.2) is 9.50 Å². The molecule has 2 aromatic carbocycles. The van der Waals surface area contributed by atoms with Crippen molar-refractivity contribution in [1.29, 1.82) is 0 Å². The molecule has 0 saturated carbocycles. The monoisotopic (exact) mass is 441 g/mol. The molecule has 0 atom stereocenters. The van der Waals surface area contributed by atoms with Crippen molar-refractivity contribution in [2.45, 2.75) is 59.8 Å². The van der Waals surface area contributed by atoms with Gasteiger partial charge in [0, 0.05) is 28.2 Å². The lowest BCUT2D eigenvalue weighted by Gasteiger charge is -2.18. The van der Waals surface area contributed by atoms with Crippen LogP contribution in [0.25, 0.3) is 17.2 Å². The number of carbonyl (C=O) groups excluding carboxylic acids is 1. The molecular weight excluding hydrogens is 410 g/mol. The first-order chi connectivity index (χ1) is 15.7. The van der Waals surface area contributed by atoms with Gasteiger partial charge in [-0.3, -0.25) is 4.79 Å². The van der Waals surface area contributed by atoms with Crippen LogP contribution >= 0.6 is 0 Å². The van der Waals surface area contributed by atoms with Crippen LogP contribution in [0, 0.1) is 13.8 Å². The van der Waals surface area contributed by atoms with Gasteiger partial charge in [-0.2, -0.15) is 4.98 Å².